The smallest absolute Gasteiger partial charge is 0.312 e. The van der Waals surface area contributed by atoms with Gasteiger partial charge in [0.05, 0.1) is 36.5 Å². The van der Waals surface area contributed by atoms with Crippen LogP contribution >= 0.6 is 11.6 Å². The second kappa shape index (κ2) is 10.1. The molecule has 8 nitrogen and oxygen atoms in total. The molecular weight excluding hydrogens is 468 g/mol. The summed E-state index contributed by atoms with van der Waals surface area (Å²) >= 11 is 6.49. The fourth-order valence-electron chi connectivity index (χ4n) is 6.25. The van der Waals surface area contributed by atoms with Crippen molar-refractivity contribution in [1.29, 1.82) is 0 Å². The number of pyridine rings is 1. The number of carbonyl (C=O) groups excluding carboxylic acids is 1. The quantitative estimate of drug-likeness (QED) is 0.269. The molecule has 9 heteroatoms. The first-order chi connectivity index (χ1) is 16.9. The van der Waals surface area contributed by atoms with Crippen LogP contribution in [-0.2, 0) is 9.53 Å². The summed E-state index contributed by atoms with van der Waals surface area (Å²) in [5.41, 5.74) is 1.39. The van der Waals surface area contributed by atoms with Crippen LogP contribution in [0.15, 0.2) is 25.0 Å². The molecule has 3 fully saturated rings. The fourth-order valence-corrected chi connectivity index (χ4v) is 6.44. The number of aromatic nitrogens is 3. The zero-order valence-electron chi connectivity index (χ0n) is 20.1. The van der Waals surface area contributed by atoms with Gasteiger partial charge in [-0.3, -0.25) is 4.79 Å². The number of ether oxygens (including phenoxy) is 1. The Hall–Kier alpha value is -2.16. The van der Waals surface area contributed by atoms with Gasteiger partial charge in [-0.1, -0.05) is 30.5 Å². The summed E-state index contributed by atoms with van der Waals surface area (Å²) in [4.78, 5) is 22.0. The van der Waals surface area contributed by atoms with Crippen molar-refractivity contribution in [3.05, 3.63) is 30.2 Å². The second-order valence-corrected chi connectivity index (χ2v) is 10.7. The van der Waals surface area contributed by atoms with Gasteiger partial charge in [0.2, 0.25) is 0 Å². The molecule has 35 heavy (non-hydrogen) atoms. The maximum atomic E-state index is 12.7. The van der Waals surface area contributed by atoms with E-state index in [1.165, 1.54) is 38.5 Å². The summed E-state index contributed by atoms with van der Waals surface area (Å²) in [6, 6.07) is 1.50. The minimum absolute atomic E-state index is 0.205. The van der Waals surface area contributed by atoms with Crippen LogP contribution < -0.4 is 5.32 Å². The van der Waals surface area contributed by atoms with Crippen molar-refractivity contribution in [2.24, 2.45) is 23.7 Å². The summed E-state index contributed by atoms with van der Waals surface area (Å²) in [6.45, 7) is 5.76. The number of hydrogen-bond acceptors (Lipinski definition) is 7. The number of nitrogens with one attached hydrogen (secondary N) is 1. The summed E-state index contributed by atoms with van der Waals surface area (Å²) in [5, 5.41) is 25.9. The van der Waals surface area contributed by atoms with Gasteiger partial charge >= 0.3 is 5.97 Å². The molecule has 0 amide bonds. The Bertz CT molecular complexity index is 1070. The minimum Gasteiger partial charge on any atom is -0.466 e. The van der Waals surface area contributed by atoms with Crippen molar-refractivity contribution >= 4 is 34.4 Å². The number of aliphatic hydroxyl groups excluding tert-OH is 2. The summed E-state index contributed by atoms with van der Waals surface area (Å²) in [6.07, 6.45) is 8.84. The highest BCUT2D eigenvalue weighted by molar-refractivity contribution is 6.30. The average molecular weight is 503 g/mol. The van der Waals surface area contributed by atoms with Gasteiger partial charge in [-0.15, -0.1) is 6.58 Å². The van der Waals surface area contributed by atoms with Gasteiger partial charge in [0.15, 0.2) is 5.82 Å². The van der Waals surface area contributed by atoms with Crippen molar-refractivity contribution in [3.8, 4) is 0 Å². The van der Waals surface area contributed by atoms with E-state index in [4.69, 9.17) is 16.3 Å². The number of aliphatic hydroxyl groups is 2. The normalized spacial score (nSPS) is 29.2. The van der Waals surface area contributed by atoms with Crippen molar-refractivity contribution < 1.29 is 19.7 Å². The molecular formula is C26H35ClN4O4. The maximum absolute atomic E-state index is 12.7. The molecule has 0 bridgehead atoms. The van der Waals surface area contributed by atoms with Crippen LogP contribution in [0.5, 0.6) is 0 Å². The highest BCUT2D eigenvalue weighted by Crippen LogP contribution is 2.46. The summed E-state index contributed by atoms with van der Waals surface area (Å²) < 4.78 is 7.05. The molecule has 2 heterocycles. The zero-order valence-corrected chi connectivity index (χ0v) is 20.9. The number of halogens is 1. The van der Waals surface area contributed by atoms with Crippen LogP contribution in [-0.4, -0.2) is 55.6 Å². The molecule has 0 spiro atoms. The topological polar surface area (TPSA) is 110 Å². The average Bonchev–Trinajstić information content (AvgIpc) is 3.25. The third-order valence-corrected chi connectivity index (χ3v) is 8.63. The van der Waals surface area contributed by atoms with E-state index in [1.54, 1.807) is 25.4 Å². The Kier molecular flexibility index (Phi) is 7.06. The minimum atomic E-state index is -1.25. The Morgan fingerprint density at radius 3 is 2.54 bits per heavy atom. The van der Waals surface area contributed by atoms with Gasteiger partial charge < -0.3 is 24.8 Å². The predicted molar refractivity (Wildman–Crippen MR) is 134 cm³/mol. The number of fused-ring (bicyclic) bond motifs is 1. The Morgan fingerprint density at radius 2 is 1.97 bits per heavy atom. The van der Waals surface area contributed by atoms with Crippen molar-refractivity contribution in [1.82, 2.24) is 14.5 Å². The highest BCUT2D eigenvalue weighted by Gasteiger charge is 2.53. The third-order valence-electron chi connectivity index (χ3n) is 8.44. The molecule has 3 aliphatic rings. The van der Waals surface area contributed by atoms with Gasteiger partial charge in [-0.05, 0) is 50.9 Å². The van der Waals surface area contributed by atoms with Gasteiger partial charge in [0.25, 0.3) is 0 Å². The first-order valence-corrected chi connectivity index (χ1v) is 13.3. The Labute approximate surface area is 210 Å². The molecule has 190 valence electrons. The third kappa shape index (κ3) is 4.34. The van der Waals surface area contributed by atoms with E-state index in [0.717, 1.165) is 0 Å². The van der Waals surface area contributed by atoms with E-state index < -0.39 is 36.1 Å². The molecule has 2 aromatic rings. The standard InChI is InChI=1S/C26H35ClN4O4/c1-3-7-16-19(26(34)35-4-2)23(32)24(33)22(16)31-13-28-21-17(31)12-18(27)29-25(21)30-20(14-8-5-9-14)15-10-6-11-15/h3,12-16,19-20,22-24,32-33H,1,4-11H2,2H3,(H,29,30)/t16?,19-,22+,23+,24-/m0/s1. The molecule has 2 aromatic heterocycles. The van der Waals surface area contributed by atoms with E-state index in [9.17, 15) is 15.0 Å². The Balaban J connectivity index is 1.51. The summed E-state index contributed by atoms with van der Waals surface area (Å²) in [7, 11) is 0. The lowest BCUT2D eigenvalue weighted by Gasteiger charge is -2.43. The molecule has 5 atom stereocenters. The second-order valence-electron chi connectivity index (χ2n) is 10.3. The maximum Gasteiger partial charge on any atom is 0.312 e. The molecule has 0 aliphatic heterocycles. The van der Waals surface area contributed by atoms with Crippen LogP contribution in [0.4, 0.5) is 5.82 Å². The molecule has 3 saturated carbocycles. The zero-order chi connectivity index (χ0) is 24.7. The van der Waals surface area contributed by atoms with E-state index in [2.05, 4.69) is 21.9 Å². The number of carbonyl (C=O) groups is 1. The Morgan fingerprint density at radius 1 is 1.29 bits per heavy atom. The first-order valence-electron chi connectivity index (χ1n) is 12.9. The molecule has 1 unspecified atom stereocenters. The number of rotatable bonds is 9. The van der Waals surface area contributed by atoms with Crippen LogP contribution in [0.3, 0.4) is 0 Å². The first kappa shape index (κ1) is 24.5. The number of hydrogen-bond donors (Lipinski definition) is 3. The van der Waals surface area contributed by atoms with Gasteiger partial charge in [-0.25, -0.2) is 9.97 Å². The molecule has 0 aromatic carbocycles. The SMILES string of the molecule is C=CCC1[C@@H](n2cnc3c(NC(C4CCC4)C4CCC4)nc(Cl)cc32)[C@H](O)[C@H](O)[C@H]1C(=O)OCC. The molecule has 0 radical (unpaired) electrons. The van der Waals surface area contributed by atoms with Crippen LogP contribution in [0.2, 0.25) is 5.15 Å². The van der Waals surface area contributed by atoms with Crippen LogP contribution in [0, 0.1) is 23.7 Å². The lowest BCUT2D eigenvalue weighted by Crippen LogP contribution is -2.42. The molecule has 5 rings (SSSR count). The van der Waals surface area contributed by atoms with E-state index >= 15 is 0 Å². The van der Waals surface area contributed by atoms with Crippen LogP contribution in [0.1, 0.15) is 57.9 Å². The lowest BCUT2D eigenvalue weighted by atomic mass is 9.68. The largest absolute Gasteiger partial charge is 0.466 e. The highest BCUT2D eigenvalue weighted by atomic mass is 35.5. The lowest BCUT2D eigenvalue weighted by molar-refractivity contribution is -0.153. The van der Waals surface area contributed by atoms with Gasteiger partial charge in [0, 0.05) is 18.0 Å². The van der Waals surface area contributed by atoms with Crippen LogP contribution in [0.25, 0.3) is 11.0 Å². The summed E-state index contributed by atoms with van der Waals surface area (Å²) in [5.74, 6) is 0.172. The van der Waals surface area contributed by atoms with Gasteiger partial charge in [0.1, 0.15) is 16.8 Å². The van der Waals surface area contributed by atoms with Crippen molar-refractivity contribution in [2.75, 3.05) is 11.9 Å². The van der Waals surface area contributed by atoms with Crippen molar-refractivity contribution in [3.63, 3.8) is 0 Å². The molecule has 3 aliphatic carbocycles. The van der Waals surface area contributed by atoms with E-state index in [1.807, 2.05) is 4.57 Å². The van der Waals surface area contributed by atoms with E-state index in [-0.39, 0.29) is 6.61 Å². The molecule has 3 N–H and O–H groups in total. The fraction of sp³-hybridized carbons (Fsp3) is 0.654. The van der Waals surface area contributed by atoms with E-state index in [0.29, 0.717) is 46.3 Å². The number of anilines is 1. The number of allylic oxidation sites excluding steroid dienone is 1. The predicted octanol–water partition coefficient (Wildman–Crippen LogP) is 4.11. The number of nitrogens with zero attached hydrogens (tertiary/aromatic N) is 3. The molecule has 0 saturated heterocycles. The monoisotopic (exact) mass is 502 g/mol. The number of esters is 1. The van der Waals surface area contributed by atoms with Crippen molar-refractivity contribution in [2.45, 2.75) is 76.2 Å². The van der Waals surface area contributed by atoms with Gasteiger partial charge in [-0.2, -0.15) is 0 Å². The number of imidazole rings is 1.